The third-order valence-corrected chi connectivity index (χ3v) is 4.58. The van der Waals surface area contributed by atoms with Crippen LogP contribution >= 0.6 is 11.3 Å². The minimum absolute atomic E-state index is 0.105. The molecule has 1 aromatic heterocycles. The van der Waals surface area contributed by atoms with E-state index in [-0.39, 0.29) is 18.1 Å². The summed E-state index contributed by atoms with van der Waals surface area (Å²) in [5.41, 5.74) is 3.35. The highest BCUT2D eigenvalue weighted by molar-refractivity contribution is 7.13. The smallest absolute Gasteiger partial charge is 0.230 e. The number of anilines is 1. The maximum absolute atomic E-state index is 13.3. The first-order chi connectivity index (χ1) is 11.7. The molecule has 1 amide bonds. The number of halogens is 1. The molecule has 122 valence electrons. The van der Waals surface area contributed by atoms with Gasteiger partial charge in [0.25, 0.3) is 0 Å². The second-order valence-corrected chi connectivity index (χ2v) is 6.25. The molecular weight excluding hydrogens is 323 g/mol. The summed E-state index contributed by atoms with van der Waals surface area (Å²) in [5, 5.41) is 5.49. The van der Waals surface area contributed by atoms with Crippen molar-refractivity contribution in [1.29, 1.82) is 0 Å². The van der Waals surface area contributed by atoms with Gasteiger partial charge in [-0.3, -0.25) is 4.79 Å². The second kappa shape index (κ2) is 7.36. The Kier molecular flexibility index (Phi) is 5.01. The van der Waals surface area contributed by atoms with Crippen LogP contribution in [-0.4, -0.2) is 10.9 Å². The summed E-state index contributed by atoms with van der Waals surface area (Å²) in [5.74, 6) is -0.398. The monoisotopic (exact) mass is 340 g/mol. The van der Waals surface area contributed by atoms with E-state index in [0.717, 1.165) is 23.2 Å². The maximum Gasteiger partial charge on any atom is 0.230 e. The molecule has 3 nitrogen and oxygen atoms in total. The lowest BCUT2D eigenvalue weighted by atomic mass is 10.1. The van der Waals surface area contributed by atoms with Gasteiger partial charge in [-0.05, 0) is 30.2 Å². The lowest BCUT2D eigenvalue weighted by Crippen LogP contribution is -2.15. The van der Waals surface area contributed by atoms with Gasteiger partial charge >= 0.3 is 0 Å². The van der Waals surface area contributed by atoms with Crippen LogP contribution in [0, 0.1) is 5.82 Å². The lowest BCUT2D eigenvalue weighted by molar-refractivity contribution is -0.115. The van der Waals surface area contributed by atoms with Gasteiger partial charge in [0.15, 0.2) is 0 Å². The number of hydrogen-bond donors (Lipinski definition) is 1. The summed E-state index contributed by atoms with van der Waals surface area (Å²) in [6, 6.07) is 14.1. The maximum atomic E-state index is 13.3. The van der Waals surface area contributed by atoms with Crippen LogP contribution in [0.4, 0.5) is 10.1 Å². The number of rotatable bonds is 5. The van der Waals surface area contributed by atoms with Gasteiger partial charge in [-0.2, -0.15) is 0 Å². The van der Waals surface area contributed by atoms with Crippen LogP contribution in [0.3, 0.4) is 0 Å². The first-order valence-corrected chi connectivity index (χ1v) is 8.61. The molecular formula is C19H17FN2OS. The van der Waals surface area contributed by atoms with E-state index in [9.17, 15) is 9.18 Å². The number of amides is 1. The van der Waals surface area contributed by atoms with Crippen molar-refractivity contribution in [3.8, 4) is 10.6 Å². The molecule has 2 aromatic carbocycles. The summed E-state index contributed by atoms with van der Waals surface area (Å²) in [4.78, 5) is 16.7. The van der Waals surface area contributed by atoms with Crippen LogP contribution in [0.1, 0.15) is 18.2 Å². The van der Waals surface area contributed by atoms with Crippen LogP contribution in [0.25, 0.3) is 10.6 Å². The Morgan fingerprint density at radius 2 is 2.04 bits per heavy atom. The van der Waals surface area contributed by atoms with E-state index in [1.165, 1.54) is 23.5 Å². The molecule has 24 heavy (non-hydrogen) atoms. The van der Waals surface area contributed by atoms with E-state index in [4.69, 9.17) is 0 Å². The first kappa shape index (κ1) is 16.3. The number of para-hydroxylation sites is 1. The minimum Gasteiger partial charge on any atom is -0.325 e. The molecule has 0 aliphatic heterocycles. The van der Waals surface area contributed by atoms with Crippen molar-refractivity contribution in [3.63, 3.8) is 0 Å². The predicted molar refractivity (Wildman–Crippen MR) is 95.7 cm³/mol. The SMILES string of the molecule is CCc1ccccc1NC(=O)Cc1csc(-c2cccc(F)c2)n1. The molecule has 0 radical (unpaired) electrons. The number of hydrogen-bond acceptors (Lipinski definition) is 3. The van der Waals surface area contributed by atoms with Crippen molar-refractivity contribution in [1.82, 2.24) is 4.98 Å². The van der Waals surface area contributed by atoms with E-state index >= 15 is 0 Å². The highest BCUT2D eigenvalue weighted by atomic mass is 32.1. The van der Waals surface area contributed by atoms with Gasteiger partial charge in [0, 0.05) is 16.6 Å². The Balaban J connectivity index is 1.69. The molecule has 3 aromatic rings. The standard InChI is InChI=1S/C19H17FN2OS/c1-2-13-6-3-4-9-17(13)22-18(23)11-16-12-24-19(21-16)14-7-5-8-15(20)10-14/h3-10,12H,2,11H2,1H3,(H,22,23). The Bertz CT molecular complexity index is 860. The van der Waals surface area contributed by atoms with Gasteiger partial charge in [0.05, 0.1) is 12.1 Å². The number of benzene rings is 2. The highest BCUT2D eigenvalue weighted by Gasteiger charge is 2.11. The van der Waals surface area contributed by atoms with E-state index in [0.29, 0.717) is 10.7 Å². The van der Waals surface area contributed by atoms with Crippen LogP contribution in [0.5, 0.6) is 0 Å². The third kappa shape index (κ3) is 3.86. The van der Waals surface area contributed by atoms with Crippen LogP contribution in [0.2, 0.25) is 0 Å². The number of nitrogens with one attached hydrogen (secondary N) is 1. The molecule has 1 heterocycles. The largest absolute Gasteiger partial charge is 0.325 e. The summed E-state index contributed by atoms with van der Waals surface area (Å²) in [7, 11) is 0. The van der Waals surface area contributed by atoms with Gasteiger partial charge in [-0.15, -0.1) is 11.3 Å². The fourth-order valence-electron chi connectivity index (χ4n) is 2.45. The minimum atomic E-state index is -0.293. The predicted octanol–water partition coefficient (Wildman–Crippen LogP) is 4.69. The zero-order valence-corrected chi connectivity index (χ0v) is 14.1. The second-order valence-electron chi connectivity index (χ2n) is 5.39. The molecule has 0 aliphatic rings. The molecule has 0 atom stereocenters. The zero-order chi connectivity index (χ0) is 16.9. The lowest BCUT2D eigenvalue weighted by Gasteiger charge is -2.08. The molecule has 0 aliphatic carbocycles. The molecule has 0 saturated carbocycles. The number of carbonyl (C=O) groups is 1. The molecule has 3 rings (SSSR count). The highest BCUT2D eigenvalue weighted by Crippen LogP contribution is 2.24. The Hall–Kier alpha value is -2.53. The molecule has 0 saturated heterocycles. The molecule has 1 N–H and O–H groups in total. The van der Waals surface area contributed by atoms with E-state index in [1.807, 2.05) is 35.7 Å². The number of nitrogens with zero attached hydrogens (tertiary/aromatic N) is 1. The van der Waals surface area contributed by atoms with Crippen LogP contribution < -0.4 is 5.32 Å². The van der Waals surface area contributed by atoms with Crippen LogP contribution in [0.15, 0.2) is 53.9 Å². The molecule has 0 bridgehead atoms. The fourth-order valence-corrected chi connectivity index (χ4v) is 3.27. The number of thiazole rings is 1. The first-order valence-electron chi connectivity index (χ1n) is 7.74. The number of carbonyl (C=O) groups excluding carboxylic acids is 1. The van der Waals surface area contributed by atoms with E-state index in [2.05, 4.69) is 17.2 Å². The molecule has 5 heteroatoms. The normalized spacial score (nSPS) is 10.6. The van der Waals surface area contributed by atoms with Crippen molar-refractivity contribution in [2.24, 2.45) is 0 Å². The summed E-state index contributed by atoms with van der Waals surface area (Å²) in [6.45, 7) is 2.05. The number of aromatic nitrogens is 1. The van der Waals surface area contributed by atoms with Gasteiger partial charge in [0.1, 0.15) is 10.8 Å². The Labute approximate surface area is 144 Å². The fraction of sp³-hybridized carbons (Fsp3) is 0.158. The average Bonchev–Trinajstić information content (AvgIpc) is 3.03. The zero-order valence-electron chi connectivity index (χ0n) is 13.3. The Morgan fingerprint density at radius 3 is 2.83 bits per heavy atom. The van der Waals surface area contributed by atoms with E-state index < -0.39 is 0 Å². The average molecular weight is 340 g/mol. The summed E-state index contributed by atoms with van der Waals surface area (Å²) in [6.07, 6.45) is 1.06. The van der Waals surface area contributed by atoms with Crippen molar-refractivity contribution >= 4 is 22.9 Å². The molecule has 0 fully saturated rings. The van der Waals surface area contributed by atoms with E-state index in [1.54, 1.807) is 6.07 Å². The van der Waals surface area contributed by atoms with Crippen molar-refractivity contribution in [2.45, 2.75) is 19.8 Å². The van der Waals surface area contributed by atoms with Gasteiger partial charge in [0.2, 0.25) is 5.91 Å². The van der Waals surface area contributed by atoms with Crippen molar-refractivity contribution in [3.05, 3.63) is 71.0 Å². The van der Waals surface area contributed by atoms with Gasteiger partial charge in [-0.1, -0.05) is 37.3 Å². The third-order valence-electron chi connectivity index (χ3n) is 3.64. The Morgan fingerprint density at radius 1 is 1.21 bits per heavy atom. The quantitative estimate of drug-likeness (QED) is 0.732. The van der Waals surface area contributed by atoms with Crippen molar-refractivity contribution in [2.75, 3.05) is 5.32 Å². The molecule has 0 unspecified atom stereocenters. The topological polar surface area (TPSA) is 42.0 Å². The van der Waals surface area contributed by atoms with Crippen LogP contribution in [-0.2, 0) is 17.6 Å². The van der Waals surface area contributed by atoms with Crippen molar-refractivity contribution < 1.29 is 9.18 Å². The summed E-state index contributed by atoms with van der Waals surface area (Å²) >= 11 is 1.41. The number of aryl methyl sites for hydroxylation is 1. The summed E-state index contributed by atoms with van der Waals surface area (Å²) < 4.78 is 13.3. The van der Waals surface area contributed by atoms with Gasteiger partial charge in [-0.25, -0.2) is 9.37 Å². The molecule has 0 spiro atoms. The van der Waals surface area contributed by atoms with Gasteiger partial charge < -0.3 is 5.32 Å².